The van der Waals surface area contributed by atoms with E-state index in [1.807, 2.05) is 5.21 Å². The van der Waals surface area contributed by atoms with Crippen molar-refractivity contribution in [1.29, 1.82) is 0 Å². The summed E-state index contributed by atoms with van der Waals surface area (Å²) in [5.41, 5.74) is 2.55. The summed E-state index contributed by atoms with van der Waals surface area (Å²) in [6, 6.07) is 0.983. The fourth-order valence-electron chi connectivity index (χ4n) is 1.55. The van der Waals surface area contributed by atoms with Gasteiger partial charge in [0.1, 0.15) is 11.5 Å². The fourth-order valence-corrected chi connectivity index (χ4v) is 1.55. The SMILES string of the molecule is NC(=O)c1n[nH]nc1-c1c(F)ccc(F)c1OC(F)(F)F. The van der Waals surface area contributed by atoms with Crippen molar-refractivity contribution in [2.24, 2.45) is 5.73 Å². The lowest BCUT2D eigenvalue weighted by atomic mass is 10.1. The molecule has 21 heavy (non-hydrogen) atoms. The van der Waals surface area contributed by atoms with E-state index in [4.69, 9.17) is 5.73 Å². The molecular weight excluding hydrogens is 303 g/mol. The van der Waals surface area contributed by atoms with Gasteiger partial charge in [0.2, 0.25) is 0 Å². The Morgan fingerprint density at radius 1 is 1.19 bits per heavy atom. The third-order valence-corrected chi connectivity index (χ3v) is 2.29. The normalized spacial score (nSPS) is 11.5. The zero-order chi connectivity index (χ0) is 15.8. The van der Waals surface area contributed by atoms with Crippen LogP contribution in [0.25, 0.3) is 11.3 Å². The van der Waals surface area contributed by atoms with E-state index in [0.29, 0.717) is 12.1 Å². The van der Waals surface area contributed by atoms with Crippen LogP contribution in [0.15, 0.2) is 12.1 Å². The third kappa shape index (κ3) is 2.90. The van der Waals surface area contributed by atoms with Crippen LogP contribution in [0.2, 0.25) is 0 Å². The highest BCUT2D eigenvalue weighted by atomic mass is 19.4. The molecule has 11 heteroatoms. The Morgan fingerprint density at radius 3 is 2.38 bits per heavy atom. The van der Waals surface area contributed by atoms with E-state index in [-0.39, 0.29) is 0 Å². The summed E-state index contributed by atoms with van der Waals surface area (Å²) in [7, 11) is 0. The van der Waals surface area contributed by atoms with Crippen molar-refractivity contribution >= 4 is 5.91 Å². The molecule has 1 amide bonds. The lowest BCUT2D eigenvalue weighted by Gasteiger charge is -2.13. The van der Waals surface area contributed by atoms with Gasteiger partial charge in [-0.2, -0.15) is 15.4 Å². The average Bonchev–Trinajstić information content (AvgIpc) is 2.81. The van der Waals surface area contributed by atoms with Gasteiger partial charge in [-0.15, -0.1) is 13.2 Å². The number of hydrogen-bond acceptors (Lipinski definition) is 4. The number of aromatic nitrogens is 3. The average molecular weight is 308 g/mol. The highest BCUT2D eigenvalue weighted by Crippen LogP contribution is 2.37. The number of nitrogens with two attached hydrogens (primary N) is 1. The maximum Gasteiger partial charge on any atom is 0.573 e. The summed E-state index contributed by atoms with van der Waals surface area (Å²) < 4.78 is 67.6. The van der Waals surface area contributed by atoms with E-state index in [9.17, 15) is 26.7 Å². The second-order valence-corrected chi connectivity index (χ2v) is 3.67. The van der Waals surface area contributed by atoms with Crippen molar-refractivity contribution in [3.8, 4) is 17.0 Å². The van der Waals surface area contributed by atoms with Crippen LogP contribution >= 0.6 is 0 Å². The molecule has 0 saturated carbocycles. The predicted molar refractivity (Wildman–Crippen MR) is 56.9 cm³/mol. The van der Waals surface area contributed by atoms with Crippen molar-refractivity contribution in [2.45, 2.75) is 6.36 Å². The minimum atomic E-state index is -5.28. The first-order valence-electron chi connectivity index (χ1n) is 5.15. The standard InChI is InChI=1S/C10H5F5N4O2/c11-3-1-2-4(12)8(21-10(13,14)15)5(3)6-7(9(16)20)18-19-17-6/h1-2H,(H2,16,20)(H,17,18,19). The molecular formula is C10H5F5N4O2. The number of rotatable bonds is 3. The van der Waals surface area contributed by atoms with Crippen molar-refractivity contribution in [3.05, 3.63) is 29.5 Å². The Morgan fingerprint density at radius 2 is 1.81 bits per heavy atom. The van der Waals surface area contributed by atoms with Gasteiger partial charge in [-0.25, -0.2) is 8.78 Å². The molecule has 6 nitrogen and oxygen atoms in total. The maximum absolute atomic E-state index is 13.8. The van der Waals surface area contributed by atoms with Gasteiger partial charge < -0.3 is 10.5 Å². The zero-order valence-electron chi connectivity index (χ0n) is 9.83. The largest absolute Gasteiger partial charge is 0.573 e. The Balaban J connectivity index is 2.70. The molecule has 0 radical (unpaired) electrons. The number of nitrogens with zero attached hydrogens (tertiary/aromatic N) is 2. The minimum Gasteiger partial charge on any atom is -0.402 e. The number of alkyl halides is 3. The quantitative estimate of drug-likeness (QED) is 0.845. The Kier molecular flexibility index (Phi) is 3.49. The third-order valence-electron chi connectivity index (χ3n) is 2.29. The van der Waals surface area contributed by atoms with Crippen LogP contribution in [0, 0.1) is 11.6 Å². The molecule has 0 fully saturated rings. The van der Waals surface area contributed by atoms with Crippen molar-refractivity contribution in [3.63, 3.8) is 0 Å². The molecule has 112 valence electrons. The van der Waals surface area contributed by atoms with Crippen LogP contribution in [0.1, 0.15) is 10.5 Å². The number of H-pyrrole nitrogens is 1. The van der Waals surface area contributed by atoms with Crippen molar-refractivity contribution < 1.29 is 31.5 Å². The first kappa shape index (κ1) is 14.7. The lowest BCUT2D eigenvalue weighted by molar-refractivity contribution is -0.275. The fraction of sp³-hybridized carbons (Fsp3) is 0.100. The second kappa shape index (κ2) is 5.00. The van der Waals surface area contributed by atoms with Crippen LogP contribution in [-0.4, -0.2) is 27.7 Å². The summed E-state index contributed by atoms with van der Waals surface area (Å²) in [5.74, 6) is -5.46. The number of primary amides is 1. The van der Waals surface area contributed by atoms with E-state index in [1.165, 1.54) is 0 Å². The summed E-state index contributed by atoms with van der Waals surface area (Å²) in [5, 5.41) is 8.46. The summed E-state index contributed by atoms with van der Waals surface area (Å²) >= 11 is 0. The minimum absolute atomic E-state index is 0.434. The number of aromatic amines is 1. The smallest absolute Gasteiger partial charge is 0.402 e. The molecule has 0 saturated heterocycles. The van der Waals surface area contributed by atoms with E-state index < -0.39 is 46.6 Å². The molecule has 0 aliphatic carbocycles. The monoisotopic (exact) mass is 308 g/mol. The van der Waals surface area contributed by atoms with Crippen LogP contribution in [0.4, 0.5) is 22.0 Å². The maximum atomic E-state index is 13.8. The van der Waals surface area contributed by atoms with Gasteiger partial charge in [0.05, 0.1) is 5.56 Å². The van der Waals surface area contributed by atoms with Gasteiger partial charge in [-0.3, -0.25) is 4.79 Å². The number of nitrogens with one attached hydrogen (secondary N) is 1. The molecule has 0 atom stereocenters. The van der Waals surface area contributed by atoms with Gasteiger partial charge in [0.25, 0.3) is 5.91 Å². The summed E-state index contributed by atoms with van der Waals surface area (Å²) in [6.07, 6.45) is -5.28. The van der Waals surface area contributed by atoms with E-state index in [1.54, 1.807) is 0 Å². The first-order valence-corrected chi connectivity index (χ1v) is 5.15. The van der Waals surface area contributed by atoms with Crippen molar-refractivity contribution in [2.75, 3.05) is 0 Å². The molecule has 0 bridgehead atoms. The summed E-state index contributed by atoms with van der Waals surface area (Å²) in [6.45, 7) is 0. The number of amides is 1. The predicted octanol–water partition coefficient (Wildman–Crippen LogP) is 1.75. The van der Waals surface area contributed by atoms with Gasteiger partial charge in [0.15, 0.2) is 17.3 Å². The number of benzene rings is 1. The molecule has 0 unspecified atom stereocenters. The number of ether oxygens (including phenoxy) is 1. The molecule has 1 aromatic heterocycles. The Labute approximate surface area is 112 Å². The second-order valence-electron chi connectivity index (χ2n) is 3.67. The van der Waals surface area contributed by atoms with Gasteiger partial charge in [-0.05, 0) is 12.1 Å². The van der Waals surface area contributed by atoms with Gasteiger partial charge >= 0.3 is 6.36 Å². The Bertz CT molecular complexity index is 697. The van der Waals surface area contributed by atoms with Crippen LogP contribution < -0.4 is 10.5 Å². The van der Waals surface area contributed by atoms with Crippen LogP contribution in [0.5, 0.6) is 5.75 Å². The molecule has 2 rings (SSSR count). The first-order chi connectivity index (χ1) is 9.70. The molecule has 0 spiro atoms. The molecule has 2 aromatic rings. The van der Waals surface area contributed by atoms with E-state index >= 15 is 0 Å². The van der Waals surface area contributed by atoms with Gasteiger partial charge in [-0.1, -0.05) is 0 Å². The molecule has 3 N–H and O–H groups in total. The number of carbonyl (C=O) groups excluding carboxylic acids is 1. The van der Waals surface area contributed by atoms with Crippen LogP contribution in [-0.2, 0) is 0 Å². The molecule has 1 aromatic carbocycles. The highest BCUT2D eigenvalue weighted by Gasteiger charge is 2.36. The number of carbonyl (C=O) groups is 1. The topological polar surface area (TPSA) is 93.9 Å². The van der Waals surface area contributed by atoms with Gasteiger partial charge in [0, 0.05) is 0 Å². The molecule has 0 aliphatic rings. The highest BCUT2D eigenvalue weighted by molar-refractivity contribution is 5.97. The van der Waals surface area contributed by atoms with E-state index in [2.05, 4.69) is 14.9 Å². The molecule has 0 aliphatic heterocycles. The van der Waals surface area contributed by atoms with Crippen LogP contribution in [0.3, 0.4) is 0 Å². The van der Waals surface area contributed by atoms with Crippen molar-refractivity contribution in [1.82, 2.24) is 15.4 Å². The zero-order valence-corrected chi connectivity index (χ0v) is 9.83. The number of hydrogen-bond donors (Lipinski definition) is 2. The lowest BCUT2D eigenvalue weighted by Crippen LogP contribution is -2.19. The molecule has 1 heterocycles. The van der Waals surface area contributed by atoms with E-state index in [0.717, 1.165) is 0 Å². The Hall–Kier alpha value is -2.72. The summed E-state index contributed by atoms with van der Waals surface area (Å²) in [4.78, 5) is 11.1. The number of halogens is 5.